The van der Waals surface area contributed by atoms with E-state index in [1.54, 1.807) is 0 Å². The summed E-state index contributed by atoms with van der Waals surface area (Å²) in [5.41, 5.74) is 4.83. The second-order valence-electron chi connectivity index (χ2n) is 4.74. The van der Waals surface area contributed by atoms with Crippen LogP contribution in [-0.4, -0.2) is 4.98 Å². The van der Waals surface area contributed by atoms with Crippen molar-refractivity contribution in [1.29, 1.82) is 5.26 Å². The number of rotatable bonds is 3. The maximum Gasteiger partial charge on any atom is 0.0998 e. The lowest BCUT2D eigenvalue weighted by atomic mass is 10.0. The molecule has 2 aromatic carbocycles. The maximum atomic E-state index is 9.33. The Morgan fingerprint density at radius 2 is 1.57 bits per heavy atom. The quantitative estimate of drug-likeness (QED) is 0.686. The zero-order chi connectivity index (χ0) is 14.5. The van der Waals surface area contributed by atoms with Crippen LogP contribution in [0.1, 0.15) is 11.3 Å². The zero-order valence-corrected chi connectivity index (χ0v) is 11.5. The van der Waals surface area contributed by atoms with Crippen molar-refractivity contribution in [3.8, 4) is 17.2 Å². The first-order valence-corrected chi connectivity index (χ1v) is 6.78. The Balaban J connectivity index is 1.92. The minimum absolute atomic E-state index is 0.650. The lowest BCUT2D eigenvalue weighted by molar-refractivity contribution is 1.38. The molecule has 0 fully saturated rings. The Kier molecular flexibility index (Phi) is 3.66. The van der Waals surface area contributed by atoms with Crippen molar-refractivity contribution in [1.82, 2.24) is 4.98 Å². The fourth-order valence-corrected chi connectivity index (χ4v) is 2.24. The number of H-pyrrole nitrogens is 1. The minimum atomic E-state index is 0.650. The molecule has 0 spiro atoms. The van der Waals surface area contributed by atoms with E-state index in [9.17, 15) is 5.26 Å². The van der Waals surface area contributed by atoms with Crippen LogP contribution < -0.4 is 0 Å². The van der Waals surface area contributed by atoms with Crippen molar-refractivity contribution in [2.45, 2.75) is 0 Å². The third-order valence-electron chi connectivity index (χ3n) is 3.35. The first kappa shape index (κ1) is 13.0. The number of aromatic nitrogens is 1. The predicted octanol–water partition coefficient (Wildman–Crippen LogP) is 4.75. The average molecular weight is 270 g/mol. The molecule has 0 saturated carbocycles. The van der Waals surface area contributed by atoms with E-state index in [2.05, 4.69) is 23.2 Å². The van der Waals surface area contributed by atoms with Gasteiger partial charge in [-0.3, -0.25) is 0 Å². The van der Waals surface area contributed by atoms with Crippen LogP contribution >= 0.6 is 0 Å². The minimum Gasteiger partial charge on any atom is -0.362 e. The summed E-state index contributed by atoms with van der Waals surface area (Å²) in [6, 6.07) is 24.4. The summed E-state index contributed by atoms with van der Waals surface area (Å²) in [4.78, 5) is 3.08. The van der Waals surface area contributed by atoms with Crippen LogP contribution in [-0.2, 0) is 0 Å². The summed E-state index contributed by atoms with van der Waals surface area (Å²) >= 11 is 0. The highest BCUT2D eigenvalue weighted by Gasteiger charge is 2.03. The molecule has 2 nitrogen and oxygen atoms in total. The maximum absolute atomic E-state index is 9.33. The summed E-state index contributed by atoms with van der Waals surface area (Å²) in [7, 11) is 0. The fraction of sp³-hybridized carbons (Fsp3) is 0. The largest absolute Gasteiger partial charge is 0.362 e. The van der Waals surface area contributed by atoms with E-state index < -0.39 is 0 Å². The van der Waals surface area contributed by atoms with Crippen LogP contribution in [0.4, 0.5) is 0 Å². The number of allylic oxidation sites excluding steroid dienone is 1. The number of nitriles is 1. The molecule has 0 amide bonds. The van der Waals surface area contributed by atoms with Crippen molar-refractivity contribution in [2.75, 3.05) is 0 Å². The fourth-order valence-electron chi connectivity index (χ4n) is 2.24. The topological polar surface area (TPSA) is 39.6 Å². The normalized spacial score (nSPS) is 11.1. The van der Waals surface area contributed by atoms with Crippen molar-refractivity contribution in [3.05, 3.63) is 84.2 Å². The Morgan fingerprint density at radius 3 is 2.19 bits per heavy atom. The van der Waals surface area contributed by atoms with Crippen LogP contribution in [0.2, 0.25) is 0 Å². The molecule has 0 aliphatic carbocycles. The Morgan fingerprint density at radius 1 is 0.857 bits per heavy atom. The van der Waals surface area contributed by atoms with Crippen molar-refractivity contribution in [3.63, 3.8) is 0 Å². The van der Waals surface area contributed by atoms with E-state index in [-0.39, 0.29) is 0 Å². The SMILES string of the molecule is N#C/C(=C\c1ccc[nH]1)c1ccc(-c2ccccc2)cc1. The standard InChI is InChI=1S/C19H14N2/c20-14-18(13-19-7-4-12-21-19)17-10-8-16(9-11-17)15-5-2-1-3-6-15/h1-13,21H/b18-13+. The molecule has 3 rings (SSSR count). The molecule has 0 radical (unpaired) electrons. The average Bonchev–Trinajstić information content (AvgIpc) is 3.07. The molecule has 100 valence electrons. The number of benzene rings is 2. The van der Waals surface area contributed by atoms with Gasteiger partial charge in [-0.25, -0.2) is 0 Å². The van der Waals surface area contributed by atoms with E-state index >= 15 is 0 Å². The molecule has 1 N–H and O–H groups in total. The van der Waals surface area contributed by atoms with Crippen LogP contribution in [0.5, 0.6) is 0 Å². The van der Waals surface area contributed by atoms with E-state index in [0.29, 0.717) is 5.57 Å². The number of hydrogen-bond acceptors (Lipinski definition) is 1. The number of nitrogens with one attached hydrogen (secondary N) is 1. The summed E-state index contributed by atoms with van der Waals surface area (Å²) in [5, 5.41) is 9.33. The molecule has 0 bridgehead atoms. The molecule has 1 aromatic heterocycles. The highest BCUT2D eigenvalue weighted by atomic mass is 14.7. The molecular formula is C19H14N2. The molecule has 0 aliphatic heterocycles. The molecule has 0 atom stereocenters. The van der Waals surface area contributed by atoms with Gasteiger partial charge in [-0.05, 0) is 34.9 Å². The van der Waals surface area contributed by atoms with E-state index in [1.165, 1.54) is 5.56 Å². The lowest BCUT2D eigenvalue weighted by Gasteiger charge is -2.03. The molecule has 1 heterocycles. The van der Waals surface area contributed by atoms with Crippen molar-refractivity contribution in [2.24, 2.45) is 0 Å². The van der Waals surface area contributed by atoms with Crippen molar-refractivity contribution >= 4 is 11.6 Å². The number of nitrogens with zero attached hydrogens (tertiary/aromatic N) is 1. The van der Waals surface area contributed by atoms with Gasteiger partial charge < -0.3 is 4.98 Å². The predicted molar refractivity (Wildman–Crippen MR) is 86.2 cm³/mol. The van der Waals surface area contributed by atoms with Gasteiger partial charge in [0, 0.05) is 11.9 Å². The van der Waals surface area contributed by atoms with Gasteiger partial charge in [-0.2, -0.15) is 5.26 Å². The molecule has 21 heavy (non-hydrogen) atoms. The van der Waals surface area contributed by atoms with Gasteiger partial charge in [0.05, 0.1) is 11.6 Å². The van der Waals surface area contributed by atoms with Gasteiger partial charge in [0.1, 0.15) is 0 Å². The van der Waals surface area contributed by atoms with Gasteiger partial charge >= 0.3 is 0 Å². The first-order chi connectivity index (χ1) is 10.4. The molecular weight excluding hydrogens is 256 g/mol. The summed E-state index contributed by atoms with van der Waals surface area (Å²) in [6.45, 7) is 0. The monoisotopic (exact) mass is 270 g/mol. The van der Waals surface area contributed by atoms with E-state index in [0.717, 1.165) is 16.8 Å². The smallest absolute Gasteiger partial charge is 0.0998 e. The van der Waals surface area contributed by atoms with Gasteiger partial charge in [-0.1, -0.05) is 54.6 Å². The van der Waals surface area contributed by atoms with Crippen molar-refractivity contribution < 1.29 is 0 Å². The first-order valence-electron chi connectivity index (χ1n) is 6.78. The highest BCUT2D eigenvalue weighted by molar-refractivity contribution is 5.89. The van der Waals surface area contributed by atoms with Gasteiger partial charge in [-0.15, -0.1) is 0 Å². The Hall–Kier alpha value is -3.05. The van der Waals surface area contributed by atoms with E-state index in [4.69, 9.17) is 0 Å². The number of hydrogen-bond donors (Lipinski definition) is 1. The highest BCUT2D eigenvalue weighted by Crippen LogP contribution is 2.23. The summed E-state index contributed by atoms with van der Waals surface area (Å²) < 4.78 is 0. The van der Waals surface area contributed by atoms with Gasteiger partial charge in [0.2, 0.25) is 0 Å². The Bertz CT molecular complexity index is 774. The van der Waals surface area contributed by atoms with Gasteiger partial charge in [0.25, 0.3) is 0 Å². The third-order valence-corrected chi connectivity index (χ3v) is 3.35. The van der Waals surface area contributed by atoms with Crippen LogP contribution in [0.3, 0.4) is 0 Å². The second-order valence-corrected chi connectivity index (χ2v) is 4.74. The summed E-state index contributed by atoms with van der Waals surface area (Å²) in [6.07, 6.45) is 3.71. The third kappa shape index (κ3) is 2.93. The van der Waals surface area contributed by atoms with Crippen LogP contribution in [0, 0.1) is 11.3 Å². The Labute approximate surface area is 124 Å². The molecule has 0 aliphatic rings. The molecule has 0 unspecified atom stereocenters. The summed E-state index contributed by atoms with van der Waals surface area (Å²) in [5.74, 6) is 0. The van der Waals surface area contributed by atoms with Crippen LogP contribution in [0.15, 0.2) is 72.9 Å². The molecule has 2 heteroatoms. The van der Waals surface area contributed by atoms with Crippen LogP contribution in [0.25, 0.3) is 22.8 Å². The molecule has 0 saturated heterocycles. The second kappa shape index (κ2) is 5.94. The van der Waals surface area contributed by atoms with Gasteiger partial charge in [0.15, 0.2) is 0 Å². The number of aromatic amines is 1. The molecule has 3 aromatic rings. The zero-order valence-electron chi connectivity index (χ0n) is 11.5. The van der Waals surface area contributed by atoms with E-state index in [1.807, 2.05) is 66.9 Å². The lowest BCUT2D eigenvalue weighted by Crippen LogP contribution is -1.83.